The number of hydrogen-bond acceptors (Lipinski definition) is 3. The number of carbonyl (C=O) groups excluding carboxylic acids is 1. The van der Waals surface area contributed by atoms with Crippen LogP contribution >= 0.6 is 0 Å². The zero-order valence-corrected chi connectivity index (χ0v) is 17.0. The van der Waals surface area contributed by atoms with Crippen molar-refractivity contribution in [1.29, 1.82) is 0 Å². The first kappa shape index (κ1) is 20.2. The molecule has 5 heteroatoms. The van der Waals surface area contributed by atoms with E-state index in [0.29, 0.717) is 36.0 Å². The summed E-state index contributed by atoms with van der Waals surface area (Å²) in [5.74, 6) is 0.677. The summed E-state index contributed by atoms with van der Waals surface area (Å²) in [4.78, 5) is 21.9. The number of amides is 1. The first-order chi connectivity index (χ1) is 14.7. The molecule has 0 saturated heterocycles. The van der Waals surface area contributed by atoms with E-state index in [1.807, 2.05) is 30.3 Å². The molecule has 1 aliphatic carbocycles. The van der Waals surface area contributed by atoms with Gasteiger partial charge in [-0.1, -0.05) is 49.6 Å². The lowest BCUT2D eigenvalue weighted by atomic mass is 9.87. The molecule has 30 heavy (non-hydrogen) atoms. The highest BCUT2D eigenvalue weighted by molar-refractivity contribution is 5.90. The lowest BCUT2D eigenvalue weighted by molar-refractivity contribution is -0.117. The molecule has 0 aliphatic heterocycles. The minimum Gasteiger partial charge on any atom is -0.309 e. The van der Waals surface area contributed by atoms with Crippen molar-refractivity contribution in [2.24, 2.45) is 5.92 Å². The van der Waals surface area contributed by atoms with E-state index in [1.54, 1.807) is 18.3 Å². The van der Waals surface area contributed by atoms with Crippen molar-refractivity contribution >= 4 is 11.7 Å². The first-order valence-corrected chi connectivity index (χ1v) is 10.6. The summed E-state index contributed by atoms with van der Waals surface area (Å²) < 4.78 is 13.3. The Labute approximate surface area is 176 Å². The third kappa shape index (κ3) is 5.29. The van der Waals surface area contributed by atoms with E-state index < -0.39 is 0 Å². The Bertz CT molecular complexity index is 983. The predicted octanol–water partition coefficient (Wildman–Crippen LogP) is 5.78. The first-order valence-electron chi connectivity index (χ1n) is 10.6. The number of halogens is 1. The maximum Gasteiger partial charge on any atom is 0.225 e. The van der Waals surface area contributed by atoms with Crippen molar-refractivity contribution in [2.75, 3.05) is 5.32 Å². The summed E-state index contributed by atoms with van der Waals surface area (Å²) in [5, 5.41) is 2.99. The van der Waals surface area contributed by atoms with Gasteiger partial charge in [0.25, 0.3) is 0 Å². The van der Waals surface area contributed by atoms with Crippen molar-refractivity contribution in [1.82, 2.24) is 9.97 Å². The zero-order chi connectivity index (χ0) is 20.8. The van der Waals surface area contributed by atoms with E-state index >= 15 is 0 Å². The van der Waals surface area contributed by atoms with E-state index in [9.17, 15) is 9.18 Å². The van der Waals surface area contributed by atoms with Gasteiger partial charge in [0, 0.05) is 18.4 Å². The van der Waals surface area contributed by atoms with Gasteiger partial charge in [-0.05, 0) is 48.6 Å². The normalized spacial score (nSPS) is 14.4. The summed E-state index contributed by atoms with van der Waals surface area (Å²) in [6.45, 7) is 0. The lowest BCUT2D eigenvalue weighted by Gasteiger charge is -2.21. The van der Waals surface area contributed by atoms with Gasteiger partial charge >= 0.3 is 0 Å². The molecule has 3 aromatic rings. The van der Waals surface area contributed by atoms with Gasteiger partial charge in [-0.3, -0.25) is 4.79 Å². The number of hydrogen-bond donors (Lipinski definition) is 1. The smallest absolute Gasteiger partial charge is 0.225 e. The third-order valence-corrected chi connectivity index (χ3v) is 5.66. The van der Waals surface area contributed by atoms with Crippen LogP contribution in [0.3, 0.4) is 0 Å². The minimum absolute atomic E-state index is 0.0000406. The molecular weight excluding hydrogens is 377 g/mol. The lowest BCUT2D eigenvalue weighted by Crippen LogP contribution is -2.20. The number of nitrogens with zero attached hydrogens (tertiary/aromatic N) is 2. The van der Waals surface area contributed by atoms with Crippen molar-refractivity contribution in [2.45, 2.75) is 44.9 Å². The SMILES string of the molecule is O=C(CC1CCCCC1)Nc1ncc(-c2ccc(F)cc2)nc1Cc1ccccc1. The third-order valence-electron chi connectivity index (χ3n) is 5.66. The fourth-order valence-corrected chi connectivity index (χ4v) is 4.04. The number of nitrogens with one attached hydrogen (secondary N) is 1. The molecule has 2 aromatic carbocycles. The van der Waals surface area contributed by atoms with Crippen LogP contribution in [0.2, 0.25) is 0 Å². The average molecular weight is 404 g/mol. The Morgan fingerprint density at radius 2 is 1.73 bits per heavy atom. The quantitative estimate of drug-likeness (QED) is 0.567. The summed E-state index contributed by atoms with van der Waals surface area (Å²) in [5.41, 5.74) is 3.25. The highest BCUT2D eigenvalue weighted by Gasteiger charge is 2.19. The topological polar surface area (TPSA) is 54.9 Å². The van der Waals surface area contributed by atoms with Gasteiger partial charge in [-0.2, -0.15) is 0 Å². The zero-order valence-electron chi connectivity index (χ0n) is 17.0. The number of aromatic nitrogens is 2. The molecule has 1 aliphatic rings. The number of anilines is 1. The van der Waals surface area contributed by atoms with Crippen molar-refractivity contribution < 1.29 is 9.18 Å². The Hall–Kier alpha value is -3.08. The second-order valence-corrected chi connectivity index (χ2v) is 7.98. The van der Waals surface area contributed by atoms with E-state index in [4.69, 9.17) is 4.98 Å². The van der Waals surface area contributed by atoms with E-state index in [1.165, 1.54) is 31.4 Å². The fourth-order valence-electron chi connectivity index (χ4n) is 4.04. The van der Waals surface area contributed by atoms with Crippen molar-refractivity contribution in [3.05, 3.63) is 77.9 Å². The molecule has 0 bridgehead atoms. The largest absolute Gasteiger partial charge is 0.309 e. The van der Waals surface area contributed by atoms with E-state index in [2.05, 4.69) is 10.3 Å². The van der Waals surface area contributed by atoms with Gasteiger partial charge in [0.2, 0.25) is 5.91 Å². The molecule has 1 saturated carbocycles. The molecule has 154 valence electrons. The van der Waals surface area contributed by atoms with Gasteiger partial charge in [-0.15, -0.1) is 0 Å². The van der Waals surface area contributed by atoms with Gasteiger partial charge in [0.15, 0.2) is 5.82 Å². The number of rotatable bonds is 6. The van der Waals surface area contributed by atoms with Crippen LogP contribution in [-0.2, 0) is 11.2 Å². The second kappa shape index (κ2) is 9.61. The fraction of sp³-hybridized carbons (Fsp3) is 0.320. The van der Waals surface area contributed by atoms with Crippen LogP contribution in [0.1, 0.15) is 49.8 Å². The summed E-state index contributed by atoms with van der Waals surface area (Å²) in [6, 6.07) is 16.2. The maximum atomic E-state index is 13.3. The van der Waals surface area contributed by atoms with Gasteiger partial charge in [0.05, 0.1) is 17.6 Å². The van der Waals surface area contributed by atoms with Crippen LogP contribution in [0, 0.1) is 11.7 Å². The summed E-state index contributed by atoms with van der Waals surface area (Å²) in [7, 11) is 0. The van der Waals surface area contributed by atoms with E-state index in [-0.39, 0.29) is 11.7 Å². The molecule has 0 radical (unpaired) electrons. The predicted molar refractivity (Wildman–Crippen MR) is 116 cm³/mol. The molecule has 0 unspecified atom stereocenters. The number of carbonyl (C=O) groups is 1. The molecule has 4 rings (SSSR count). The Balaban J connectivity index is 1.57. The summed E-state index contributed by atoms with van der Waals surface area (Å²) >= 11 is 0. The van der Waals surface area contributed by atoms with Crippen LogP contribution in [0.25, 0.3) is 11.3 Å². The van der Waals surface area contributed by atoms with Crippen molar-refractivity contribution in [3.63, 3.8) is 0 Å². The molecule has 1 amide bonds. The maximum absolute atomic E-state index is 13.3. The van der Waals surface area contributed by atoms with Crippen LogP contribution in [-0.4, -0.2) is 15.9 Å². The van der Waals surface area contributed by atoms with Gasteiger partial charge < -0.3 is 5.32 Å². The van der Waals surface area contributed by atoms with Gasteiger partial charge in [-0.25, -0.2) is 14.4 Å². The molecule has 1 N–H and O–H groups in total. The monoisotopic (exact) mass is 403 g/mol. The molecule has 1 fully saturated rings. The van der Waals surface area contributed by atoms with Crippen LogP contribution in [0.15, 0.2) is 60.8 Å². The van der Waals surface area contributed by atoms with Crippen LogP contribution in [0.4, 0.5) is 10.2 Å². The molecule has 1 heterocycles. The average Bonchev–Trinajstić information content (AvgIpc) is 2.77. The number of benzene rings is 2. The summed E-state index contributed by atoms with van der Waals surface area (Å²) in [6.07, 6.45) is 8.67. The minimum atomic E-state index is -0.289. The van der Waals surface area contributed by atoms with Gasteiger partial charge in [0.1, 0.15) is 5.82 Å². The van der Waals surface area contributed by atoms with Crippen LogP contribution < -0.4 is 5.32 Å². The second-order valence-electron chi connectivity index (χ2n) is 7.98. The Morgan fingerprint density at radius 3 is 2.47 bits per heavy atom. The van der Waals surface area contributed by atoms with E-state index in [0.717, 1.165) is 24.0 Å². The highest BCUT2D eigenvalue weighted by atomic mass is 19.1. The molecular formula is C25H26FN3O. The molecule has 0 atom stereocenters. The molecule has 4 nitrogen and oxygen atoms in total. The highest BCUT2D eigenvalue weighted by Crippen LogP contribution is 2.27. The standard InChI is InChI=1S/C25H26FN3O/c26-21-13-11-20(12-14-21)23-17-27-25(22(28-23)15-18-7-3-1-4-8-18)29-24(30)16-19-9-5-2-6-10-19/h1,3-4,7-8,11-14,17,19H,2,5-6,9-10,15-16H2,(H,27,29,30). The van der Waals surface area contributed by atoms with Crippen molar-refractivity contribution in [3.8, 4) is 11.3 Å². The molecule has 1 aromatic heterocycles. The Kier molecular flexibility index (Phi) is 6.47. The van der Waals surface area contributed by atoms with Crippen LogP contribution in [0.5, 0.6) is 0 Å². The Morgan fingerprint density at radius 1 is 1.00 bits per heavy atom. The molecule has 0 spiro atoms.